The number of benzene rings is 2. The zero-order valence-electron chi connectivity index (χ0n) is 27.9. The van der Waals surface area contributed by atoms with Gasteiger partial charge in [-0.2, -0.15) is 0 Å². The Morgan fingerprint density at radius 1 is 0.854 bits per heavy atom. The van der Waals surface area contributed by atoms with Crippen LogP contribution in [0, 0.1) is 38.5 Å². The second kappa shape index (κ2) is 18.8. The lowest BCUT2D eigenvalue weighted by atomic mass is 9.71. The average molecular weight is 563 g/mol. The summed E-state index contributed by atoms with van der Waals surface area (Å²) in [6.45, 7) is 20.6. The van der Waals surface area contributed by atoms with E-state index < -0.39 is 0 Å². The minimum atomic E-state index is -0.0658. The summed E-state index contributed by atoms with van der Waals surface area (Å²) in [6, 6.07) is 10.9. The second-order valence-corrected chi connectivity index (χ2v) is 12.1. The van der Waals surface area contributed by atoms with Crippen LogP contribution in [0.2, 0.25) is 0 Å². The van der Waals surface area contributed by atoms with Crippen LogP contribution in [0.25, 0.3) is 0 Å². The van der Waals surface area contributed by atoms with Crippen molar-refractivity contribution in [1.82, 2.24) is 0 Å². The molecule has 228 valence electrons. The van der Waals surface area contributed by atoms with E-state index in [4.69, 9.17) is 0 Å². The molecule has 3 atom stereocenters. The molecule has 2 aromatic rings. The molecule has 0 N–H and O–H groups in total. The van der Waals surface area contributed by atoms with Crippen molar-refractivity contribution in [1.29, 1.82) is 0 Å². The molecule has 0 radical (unpaired) electrons. The number of carbonyl (C=O) groups is 3. The smallest absolute Gasteiger partial charge is 0.163 e. The fraction of sp³-hybridized carbons (Fsp3) is 0.605. The maximum absolute atomic E-state index is 12.8. The predicted octanol–water partition coefficient (Wildman–Crippen LogP) is 9.97. The Balaban J connectivity index is 0.000000496. The third kappa shape index (κ3) is 11.3. The monoisotopic (exact) mass is 562 g/mol. The summed E-state index contributed by atoms with van der Waals surface area (Å²) in [5, 5.41) is 0. The molecular weight excluding hydrogens is 504 g/mol. The van der Waals surface area contributed by atoms with Crippen LogP contribution in [0.15, 0.2) is 30.3 Å². The van der Waals surface area contributed by atoms with E-state index in [-0.39, 0.29) is 35.6 Å². The highest BCUT2D eigenvalue weighted by atomic mass is 16.1. The minimum Gasteiger partial charge on any atom is -0.300 e. The van der Waals surface area contributed by atoms with E-state index in [1.54, 1.807) is 0 Å². The van der Waals surface area contributed by atoms with E-state index in [1.165, 1.54) is 41.2 Å². The van der Waals surface area contributed by atoms with Gasteiger partial charge in [-0.25, -0.2) is 0 Å². The maximum Gasteiger partial charge on any atom is 0.163 e. The van der Waals surface area contributed by atoms with Crippen molar-refractivity contribution in [3.8, 4) is 0 Å². The molecule has 0 amide bonds. The number of hydrogen-bond acceptors (Lipinski definition) is 3. The Bertz CT molecular complexity index is 1130. The number of rotatable bonds is 11. The number of fused-ring (bicyclic) bond motifs is 1. The van der Waals surface area contributed by atoms with Crippen LogP contribution in [0.4, 0.5) is 0 Å². The molecule has 3 nitrogen and oxygen atoms in total. The molecule has 0 saturated carbocycles. The summed E-state index contributed by atoms with van der Waals surface area (Å²) in [7, 11) is 0. The van der Waals surface area contributed by atoms with Gasteiger partial charge >= 0.3 is 0 Å². The quantitative estimate of drug-likeness (QED) is 0.256. The molecule has 0 saturated heterocycles. The van der Waals surface area contributed by atoms with Crippen LogP contribution in [0.5, 0.6) is 0 Å². The molecular formula is C38H58O3. The molecule has 3 heteroatoms. The molecule has 0 fully saturated rings. The fourth-order valence-corrected chi connectivity index (χ4v) is 6.32. The Hall–Kier alpha value is -2.55. The summed E-state index contributed by atoms with van der Waals surface area (Å²) < 4.78 is 0. The normalized spacial score (nSPS) is 15.5. The molecule has 41 heavy (non-hydrogen) atoms. The second-order valence-electron chi connectivity index (χ2n) is 12.1. The molecule has 3 unspecified atom stereocenters. The first-order chi connectivity index (χ1) is 19.5. The standard InChI is InChI=1S/C24H34O3.C11H16.C3H8/c1-6-8-19(20(7-2)22(26)11-17(5)25)12-18-13-21-15(3)9-10-16(4)24(21)23(27)14-18;1-4-10-7-6-9(3)8-11(10)5-2;1-3-2/h9-10,18-20H,6-8,11-14H2,1-5H3;6-8H,4-5H2,1-3H3;3H2,1-2H3. The van der Waals surface area contributed by atoms with Gasteiger partial charge in [-0.3, -0.25) is 14.4 Å². The molecule has 0 bridgehead atoms. The first-order valence-electron chi connectivity index (χ1n) is 16.2. The van der Waals surface area contributed by atoms with Crippen molar-refractivity contribution in [3.63, 3.8) is 0 Å². The summed E-state index contributed by atoms with van der Waals surface area (Å²) in [5.41, 5.74) is 8.78. The van der Waals surface area contributed by atoms with E-state index in [0.29, 0.717) is 12.3 Å². The maximum atomic E-state index is 12.8. The average Bonchev–Trinajstić information content (AvgIpc) is 2.91. The van der Waals surface area contributed by atoms with E-state index >= 15 is 0 Å². The molecule has 0 aromatic heterocycles. The highest BCUT2D eigenvalue weighted by Crippen LogP contribution is 2.37. The van der Waals surface area contributed by atoms with Crippen molar-refractivity contribution in [2.45, 2.75) is 133 Å². The summed E-state index contributed by atoms with van der Waals surface area (Å²) in [6.07, 6.45) is 8.77. The van der Waals surface area contributed by atoms with E-state index in [1.807, 2.05) is 19.9 Å². The first kappa shape index (κ1) is 36.5. The van der Waals surface area contributed by atoms with Gasteiger partial charge < -0.3 is 0 Å². The van der Waals surface area contributed by atoms with E-state index in [2.05, 4.69) is 72.7 Å². The van der Waals surface area contributed by atoms with Crippen molar-refractivity contribution in [2.75, 3.05) is 0 Å². The predicted molar refractivity (Wildman–Crippen MR) is 175 cm³/mol. The van der Waals surface area contributed by atoms with Crippen molar-refractivity contribution >= 4 is 17.3 Å². The van der Waals surface area contributed by atoms with Crippen LogP contribution in [-0.2, 0) is 28.9 Å². The van der Waals surface area contributed by atoms with Gasteiger partial charge in [-0.05, 0) is 99.5 Å². The fourth-order valence-electron chi connectivity index (χ4n) is 6.32. The van der Waals surface area contributed by atoms with Crippen molar-refractivity contribution in [2.24, 2.45) is 17.8 Å². The number of carbonyl (C=O) groups excluding carboxylic acids is 3. The third-order valence-corrected chi connectivity index (χ3v) is 8.27. The van der Waals surface area contributed by atoms with Gasteiger partial charge in [0.15, 0.2) is 5.78 Å². The largest absolute Gasteiger partial charge is 0.300 e. The number of Topliss-reactive ketones (excluding diaryl/α,β-unsaturated/α-hetero) is 3. The molecule has 2 aromatic carbocycles. The summed E-state index contributed by atoms with van der Waals surface area (Å²) >= 11 is 0. The Labute approximate surface area is 251 Å². The highest BCUT2D eigenvalue weighted by molar-refractivity contribution is 6.00. The SMILES string of the molecule is CCC.CCCC(CC1CC(=O)c2c(C)ccc(C)c2C1)C(CC)C(=O)CC(C)=O.CCc1ccc(C)cc1CC. The zero-order valence-corrected chi connectivity index (χ0v) is 27.9. The minimum absolute atomic E-state index is 0.0451. The zero-order chi connectivity index (χ0) is 31.1. The molecule has 3 rings (SSSR count). The van der Waals surface area contributed by atoms with Gasteiger partial charge in [0, 0.05) is 17.9 Å². The number of aryl methyl sites for hydroxylation is 5. The highest BCUT2D eigenvalue weighted by Gasteiger charge is 2.33. The molecule has 0 spiro atoms. The lowest BCUT2D eigenvalue weighted by molar-refractivity contribution is -0.129. The third-order valence-electron chi connectivity index (χ3n) is 8.27. The topological polar surface area (TPSA) is 51.2 Å². The van der Waals surface area contributed by atoms with Crippen LogP contribution in [-0.4, -0.2) is 17.3 Å². The van der Waals surface area contributed by atoms with Crippen molar-refractivity contribution in [3.05, 3.63) is 69.3 Å². The first-order valence-corrected chi connectivity index (χ1v) is 16.2. The summed E-state index contributed by atoms with van der Waals surface area (Å²) in [5.74, 6) is 0.766. The van der Waals surface area contributed by atoms with Gasteiger partial charge in [0.1, 0.15) is 11.6 Å². The van der Waals surface area contributed by atoms with Gasteiger partial charge in [0.05, 0.1) is 6.42 Å². The van der Waals surface area contributed by atoms with Crippen molar-refractivity contribution < 1.29 is 14.4 Å². The molecule has 1 aliphatic rings. The van der Waals surface area contributed by atoms with Crippen LogP contribution < -0.4 is 0 Å². The van der Waals surface area contributed by atoms with Gasteiger partial charge in [0.2, 0.25) is 0 Å². The van der Waals surface area contributed by atoms with Crippen LogP contribution in [0.3, 0.4) is 0 Å². The van der Waals surface area contributed by atoms with E-state index in [9.17, 15) is 14.4 Å². The lowest BCUT2D eigenvalue weighted by Gasteiger charge is -2.32. The Kier molecular flexibility index (Phi) is 16.7. The lowest BCUT2D eigenvalue weighted by Crippen LogP contribution is -2.30. The summed E-state index contributed by atoms with van der Waals surface area (Å²) in [4.78, 5) is 36.9. The molecule has 1 aliphatic carbocycles. The molecule has 0 aliphatic heterocycles. The Morgan fingerprint density at radius 2 is 1.46 bits per heavy atom. The molecule has 0 heterocycles. The van der Waals surface area contributed by atoms with Crippen LogP contribution in [0.1, 0.15) is 137 Å². The Morgan fingerprint density at radius 3 is 2.00 bits per heavy atom. The number of hydrogen-bond donors (Lipinski definition) is 0. The van der Waals surface area contributed by atoms with Gasteiger partial charge in [0.25, 0.3) is 0 Å². The van der Waals surface area contributed by atoms with Crippen LogP contribution >= 0.6 is 0 Å². The van der Waals surface area contributed by atoms with Gasteiger partial charge in [-0.15, -0.1) is 0 Å². The van der Waals surface area contributed by atoms with E-state index in [0.717, 1.165) is 56.1 Å². The number of ketones is 3. The van der Waals surface area contributed by atoms with Gasteiger partial charge in [-0.1, -0.05) is 96.7 Å².